The van der Waals surface area contributed by atoms with E-state index in [1.165, 1.54) is 4.90 Å². The summed E-state index contributed by atoms with van der Waals surface area (Å²) in [6.45, 7) is 2.18. The van der Waals surface area contributed by atoms with E-state index in [2.05, 4.69) is 0 Å². The van der Waals surface area contributed by atoms with Crippen LogP contribution in [0.2, 0.25) is 0 Å². The van der Waals surface area contributed by atoms with Crippen molar-refractivity contribution in [3.05, 3.63) is 83.1 Å². The number of aliphatic carboxylic acids is 1. The predicted molar refractivity (Wildman–Crippen MR) is 122 cm³/mol. The van der Waals surface area contributed by atoms with Gasteiger partial charge in [0.25, 0.3) is 0 Å². The summed E-state index contributed by atoms with van der Waals surface area (Å²) in [5.41, 5.74) is 4.75. The van der Waals surface area contributed by atoms with Gasteiger partial charge in [-0.05, 0) is 59.4 Å². The molecule has 0 unspecified atom stereocenters. The molecule has 6 rings (SSSR count). The number of hydrogen-bond acceptors (Lipinski definition) is 5. The van der Waals surface area contributed by atoms with Gasteiger partial charge in [0.2, 0.25) is 12.2 Å². The fraction of sp³-hybridized carbons (Fsp3) is 0.259. The van der Waals surface area contributed by atoms with E-state index in [4.69, 9.17) is 0 Å². The van der Waals surface area contributed by atoms with Gasteiger partial charge in [-0.15, -0.1) is 0 Å². The van der Waals surface area contributed by atoms with Crippen LogP contribution in [0, 0.1) is 5.92 Å². The molecule has 1 fully saturated rings. The lowest BCUT2D eigenvalue weighted by molar-refractivity contribution is -0.671. The number of fused-ring (bicyclic) bond motifs is 4. The molecule has 1 amide bonds. The Morgan fingerprint density at radius 1 is 1.14 bits per heavy atom. The highest BCUT2D eigenvalue weighted by Crippen LogP contribution is 2.48. The first kappa shape index (κ1) is 21.5. The largest absolute Gasteiger partial charge is 0.543 e. The smallest absolute Gasteiger partial charge is 0.243 e. The number of aromatic nitrogens is 2. The summed E-state index contributed by atoms with van der Waals surface area (Å²) in [6, 6.07) is 10.7. The van der Waals surface area contributed by atoms with Gasteiger partial charge in [0, 0.05) is 11.1 Å². The molecule has 8 nitrogen and oxygen atoms in total. The Bertz CT molecular complexity index is 1480. The molecule has 8 heteroatoms. The van der Waals surface area contributed by atoms with Crippen molar-refractivity contribution >= 4 is 23.2 Å². The summed E-state index contributed by atoms with van der Waals surface area (Å²) >= 11 is 0. The first-order valence-corrected chi connectivity index (χ1v) is 11.5. The number of carbonyl (C=O) groups excluding carboxylic acids is 3. The van der Waals surface area contributed by atoms with Crippen molar-refractivity contribution in [2.24, 2.45) is 13.0 Å². The fourth-order valence-corrected chi connectivity index (χ4v) is 5.73. The van der Waals surface area contributed by atoms with E-state index in [9.17, 15) is 24.6 Å². The van der Waals surface area contributed by atoms with Gasteiger partial charge in [0.15, 0.2) is 5.78 Å². The Balaban J connectivity index is 1.38. The number of carbonyl (C=O) groups is 3. The molecule has 0 bridgehead atoms. The zero-order valence-corrected chi connectivity index (χ0v) is 19.3. The van der Waals surface area contributed by atoms with Crippen LogP contribution in [0.3, 0.4) is 0 Å². The SMILES string of the molecule is C[C@@H](O)[C@H]1C(=O)N2C(C(=O)[O-])=C(c3ccc4c(c3)-c3ccc(Cn5cc[n+](C)c5)cc3C4=O)C[C@H]12. The van der Waals surface area contributed by atoms with E-state index >= 15 is 0 Å². The van der Waals surface area contributed by atoms with E-state index < -0.39 is 29.9 Å². The fourth-order valence-electron chi connectivity index (χ4n) is 5.73. The molecule has 35 heavy (non-hydrogen) atoms. The van der Waals surface area contributed by atoms with Crippen molar-refractivity contribution in [2.75, 3.05) is 0 Å². The minimum atomic E-state index is -1.42. The topological polar surface area (TPSA) is 107 Å². The Hall–Kier alpha value is -4.04. The third-order valence-corrected chi connectivity index (χ3v) is 7.34. The number of β-lactam (4-membered cyclic amide) rings is 1. The van der Waals surface area contributed by atoms with Crippen LogP contribution < -0.4 is 9.67 Å². The number of aryl methyl sites for hydroxylation is 1. The maximum absolute atomic E-state index is 13.2. The van der Waals surface area contributed by atoms with Crippen molar-refractivity contribution < 1.29 is 29.2 Å². The monoisotopic (exact) mass is 469 g/mol. The molecule has 3 heterocycles. The summed E-state index contributed by atoms with van der Waals surface area (Å²) in [5.74, 6) is -2.50. The maximum atomic E-state index is 13.2. The molecule has 1 N–H and O–H groups in total. The second-order valence-electron chi connectivity index (χ2n) is 9.58. The minimum Gasteiger partial charge on any atom is -0.543 e. The number of aliphatic hydroxyl groups is 1. The number of ketones is 1. The zero-order chi connectivity index (χ0) is 24.6. The molecule has 1 aliphatic carbocycles. The van der Waals surface area contributed by atoms with Crippen LogP contribution in [-0.4, -0.2) is 44.4 Å². The number of benzene rings is 2. The van der Waals surface area contributed by atoms with Crippen LogP contribution >= 0.6 is 0 Å². The average Bonchev–Trinajstić information content (AvgIpc) is 3.46. The molecule has 3 aromatic rings. The van der Waals surface area contributed by atoms with E-state index in [0.717, 1.165) is 16.7 Å². The normalized spacial score (nSPS) is 21.1. The molecule has 3 aliphatic rings. The average molecular weight is 469 g/mol. The third-order valence-electron chi connectivity index (χ3n) is 7.34. The quantitative estimate of drug-likeness (QED) is 0.341. The number of aliphatic hydroxyl groups excluding tert-OH is 1. The van der Waals surface area contributed by atoms with Gasteiger partial charge in [-0.1, -0.05) is 18.2 Å². The maximum Gasteiger partial charge on any atom is 0.243 e. The lowest BCUT2D eigenvalue weighted by atomic mass is 9.82. The molecule has 2 aliphatic heterocycles. The number of imidazole rings is 1. The highest BCUT2D eigenvalue weighted by molar-refractivity contribution is 6.22. The molecule has 0 spiro atoms. The Morgan fingerprint density at radius 3 is 2.60 bits per heavy atom. The summed E-state index contributed by atoms with van der Waals surface area (Å²) in [6.07, 6.45) is 5.34. The van der Waals surface area contributed by atoms with Crippen molar-refractivity contribution in [1.29, 1.82) is 0 Å². The van der Waals surface area contributed by atoms with Gasteiger partial charge in [0.05, 0.1) is 36.8 Å². The first-order valence-electron chi connectivity index (χ1n) is 11.5. The first-order chi connectivity index (χ1) is 16.7. The van der Waals surface area contributed by atoms with Crippen LogP contribution in [0.5, 0.6) is 0 Å². The summed E-state index contributed by atoms with van der Waals surface area (Å²) in [5, 5.41) is 22.0. The number of amides is 1. The molecule has 0 radical (unpaired) electrons. The van der Waals surface area contributed by atoms with Gasteiger partial charge < -0.3 is 19.9 Å². The van der Waals surface area contributed by atoms with E-state index in [1.807, 2.05) is 59.2 Å². The minimum absolute atomic E-state index is 0.0600. The number of carboxylic acids is 1. The van der Waals surface area contributed by atoms with E-state index in [-0.39, 0.29) is 11.5 Å². The lowest BCUT2D eigenvalue weighted by Gasteiger charge is -2.45. The summed E-state index contributed by atoms with van der Waals surface area (Å²) in [4.78, 5) is 38.9. The standard InChI is InChI=1S/C27H23N3O5/c1-14(31)23-22-11-19(24(27(34)35)30(22)26(23)33)16-4-6-18-20(10-16)17-5-3-15(9-21(17)25(18)32)12-29-8-7-28(2)13-29/h3-10,13-14,22-23,31H,11-12H2,1-2H3/t14-,22-,23-/m1/s1. The number of hydrogen-bond donors (Lipinski definition) is 1. The highest BCUT2D eigenvalue weighted by atomic mass is 16.4. The van der Waals surface area contributed by atoms with Gasteiger partial charge in [0.1, 0.15) is 18.9 Å². The second-order valence-corrected chi connectivity index (χ2v) is 9.58. The predicted octanol–water partition coefficient (Wildman–Crippen LogP) is 0.645. The van der Waals surface area contributed by atoms with Gasteiger partial charge in [-0.2, -0.15) is 0 Å². The number of nitrogens with zero attached hydrogens (tertiary/aromatic N) is 3. The molecular weight excluding hydrogens is 446 g/mol. The van der Waals surface area contributed by atoms with E-state index in [0.29, 0.717) is 35.2 Å². The zero-order valence-electron chi connectivity index (χ0n) is 19.3. The van der Waals surface area contributed by atoms with Crippen LogP contribution in [0.25, 0.3) is 16.7 Å². The van der Waals surface area contributed by atoms with E-state index in [1.54, 1.807) is 19.1 Å². The molecule has 0 saturated carbocycles. The second kappa shape index (κ2) is 7.48. The lowest BCUT2D eigenvalue weighted by Crippen LogP contribution is -2.62. The Kier molecular flexibility index (Phi) is 4.59. The number of rotatable bonds is 5. The van der Waals surface area contributed by atoms with Crippen LogP contribution in [0.1, 0.15) is 40.4 Å². The summed E-state index contributed by atoms with van der Waals surface area (Å²) in [7, 11) is 1.95. The van der Waals surface area contributed by atoms with Crippen LogP contribution in [0.4, 0.5) is 0 Å². The van der Waals surface area contributed by atoms with Crippen LogP contribution in [-0.2, 0) is 23.2 Å². The third kappa shape index (κ3) is 3.10. The molecule has 2 aromatic carbocycles. The molecule has 1 saturated heterocycles. The highest BCUT2D eigenvalue weighted by Gasteiger charge is 2.55. The number of carboxylic acid groups (broad SMARTS) is 1. The van der Waals surface area contributed by atoms with Gasteiger partial charge >= 0.3 is 0 Å². The summed E-state index contributed by atoms with van der Waals surface area (Å²) < 4.78 is 3.99. The molecule has 1 aromatic heterocycles. The molecule has 3 atom stereocenters. The Morgan fingerprint density at radius 2 is 1.91 bits per heavy atom. The van der Waals surface area contributed by atoms with Gasteiger partial charge in [-0.3, -0.25) is 9.59 Å². The van der Waals surface area contributed by atoms with Gasteiger partial charge in [-0.25, -0.2) is 9.13 Å². The van der Waals surface area contributed by atoms with Crippen molar-refractivity contribution in [3.8, 4) is 11.1 Å². The van der Waals surface area contributed by atoms with Crippen molar-refractivity contribution in [1.82, 2.24) is 9.47 Å². The Labute approximate surface area is 201 Å². The van der Waals surface area contributed by atoms with Crippen molar-refractivity contribution in [3.63, 3.8) is 0 Å². The van der Waals surface area contributed by atoms with Crippen LogP contribution in [0.15, 0.2) is 60.8 Å². The molecular formula is C27H23N3O5. The van der Waals surface area contributed by atoms with Crippen molar-refractivity contribution in [2.45, 2.75) is 32.0 Å². The molecule has 176 valence electrons.